The van der Waals surface area contributed by atoms with Crippen molar-refractivity contribution in [1.82, 2.24) is 0 Å². The maximum atomic E-state index is 11.1. The minimum atomic E-state index is -0.756. The molecular formula is C23H23N2O2Se2+. The molecule has 0 saturated carbocycles. The van der Waals surface area contributed by atoms with Crippen LogP contribution in [0, 0.1) is 0 Å². The number of hydrogen-bond donors (Lipinski definition) is 1. The van der Waals surface area contributed by atoms with Gasteiger partial charge in [0.2, 0.25) is 0 Å². The summed E-state index contributed by atoms with van der Waals surface area (Å²) in [6.45, 7) is 3.77. The van der Waals surface area contributed by atoms with Gasteiger partial charge < -0.3 is 0 Å². The molecule has 0 radical (unpaired) electrons. The van der Waals surface area contributed by atoms with Crippen LogP contribution in [-0.4, -0.2) is 47.1 Å². The first-order chi connectivity index (χ1) is 14.2. The third-order valence-electron chi connectivity index (χ3n) is 4.75. The molecule has 0 spiro atoms. The normalized spacial score (nSPS) is 14.9. The van der Waals surface area contributed by atoms with Crippen LogP contribution in [0.5, 0.6) is 0 Å². The van der Waals surface area contributed by atoms with Crippen LogP contribution in [0.4, 0.5) is 5.69 Å². The Morgan fingerprint density at radius 2 is 1.97 bits per heavy atom. The molecule has 0 saturated heterocycles. The van der Waals surface area contributed by atoms with Crippen LogP contribution in [0.1, 0.15) is 24.3 Å². The molecule has 6 heteroatoms. The monoisotopic (exact) mass is 519 g/mol. The van der Waals surface area contributed by atoms with E-state index in [0.717, 1.165) is 18.7 Å². The van der Waals surface area contributed by atoms with Crippen LogP contribution >= 0.6 is 0 Å². The van der Waals surface area contributed by atoms with E-state index < -0.39 is 5.97 Å². The van der Waals surface area contributed by atoms with Gasteiger partial charge in [-0.3, -0.25) is 0 Å². The SMILES string of the molecule is CCC[n+]1c(/C=C/C=C2\[Se]c3ccccc3N2CCC(=O)O)[se]c2ccccc21. The molecule has 1 aromatic heterocycles. The molecule has 148 valence electrons. The quantitative estimate of drug-likeness (QED) is 0.388. The summed E-state index contributed by atoms with van der Waals surface area (Å²) in [5, 5.41) is 9.13. The average Bonchev–Trinajstić information content (AvgIpc) is 3.25. The van der Waals surface area contributed by atoms with Crippen LogP contribution in [0.2, 0.25) is 0 Å². The first-order valence-corrected chi connectivity index (χ1v) is 13.2. The summed E-state index contributed by atoms with van der Waals surface area (Å²) in [7, 11) is 0. The van der Waals surface area contributed by atoms with E-state index in [1.807, 2.05) is 6.07 Å². The third kappa shape index (κ3) is 4.41. The number of benzene rings is 2. The standard InChI is InChI=1S/C23H22N2O2Se2/c1-2-15-24-17-8-3-5-10-19(17)28-21(24)12-7-13-22-25(16-14-23(26)27)18-9-4-6-11-20(18)29-22/h3-13H,2,14-16H2,1H3/p+1. The molecule has 0 fully saturated rings. The summed E-state index contributed by atoms with van der Waals surface area (Å²) in [4.78, 5) is 13.3. The summed E-state index contributed by atoms with van der Waals surface area (Å²) in [6, 6.07) is 17.0. The third-order valence-corrected chi connectivity index (χ3v) is 9.49. The van der Waals surface area contributed by atoms with Crippen molar-refractivity contribution in [3.8, 4) is 0 Å². The molecule has 3 aromatic rings. The predicted octanol–water partition coefficient (Wildman–Crippen LogP) is 2.77. The van der Waals surface area contributed by atoms with Crippen molar-refractivity contribution in [1.29, 1.82) is 0 Å². The fraction of sp³-hybridized carbons (Fsp3) is 0.217. The molecule has 1 aliphatic heterocycles. The Labute approximate surface area is 183 Å². The van der Waals surface area contributed by atoms with Gasteiger partial charge in [-0.25, -0.2) is 0 Å². The molecule has 2 aromatic carbocycles. The van der Waals surface area contributed by atoms with Gasteiger partial charge in [0, 0.05) is 0 Å². The topological polar surface area (TPSA) is 44.4 Å². The van der Waals surface area contributed by atoms with Crippen LogP contribution < -0.4 is 13.9 Å². The van der Waals surface area contributed by atoms with Crippen LogP contribution in [0.3, 0.4) is 0 Å². The van der Waals surface area contributed by atoms with Crippen molar-refractivity contribution in [3.63, 3.8) is 0 Å². The zero-order chi connectivity index (χ0) is 20.2. The van der Waals surface area contributed by atoms with Crippen LogP contribution in [-0.2, 0) is 11.3 Å². The summed E-state index contributed by atoms with van der Waals surface area (Å²) in [5.41, 5.74) is 2.51. The van der Waals surface area contributed by atoms with Crippen molar-refractivity contribution < 1.29 is 14.5 Å². The summed E-state index contributed by atoms with van der Waals surface area (Å²) in [5.74, 6) is -0.756. The van der Waals surface area contributed by atoms with E-state index in [2.05, 4.69) is 77.1 Å². The Morgan fingerprint density at radius 1 is 1.17 bits per heavy atom. The number of rotatable bonds is 7. The van der Waals surface area contributed by atoms with Gasteiger partial charge in [-0.1, -0.05) is 0 Å². The Bertz CT molecular complexity index is 1100. The van der Waals surface area contributed by atoms with Gasteiger partial charge in [0.1, 0.15) is 0 Å². The molecule has 4 rings (SSSR count). The number of anilines is 1. The van der Waals surface area contributed by atoms with E-state index in [-0.39, 0.29) is 21.4 Å². The van der Waals surface area contributed by atoms with Crippen LogP contribution in [0.25, 0.3) is 15.9 Å². The second-order valence-electron chi connectivity index (χ2n) is 6.79. The molecule has 0 bridgehead atoms. The number of carboxylic acids is 1. The number of aryl methyl sites for hydroxylation is 1. The van der Waals surface area contributed by atoms with E-state index in [1.165, 1.54) is 23.4 Å². The number of carbonyl (C=O) groups is 1. The van der Waals surface area contributed by atoms with Gasteiger partial charge in [0.05, 0.1) is 0 Å². The number of fused-ring (bicyclic) bond motifs is 2. The second-order valence-corrected chi connectivity index (χ2v) is 11.2. The Morgan fingerprint density at radius 3 is 2.79 bits per heavy atom. The fourth-order valence-electron chi connectivity index (χ4n) is 3.46. The van der Waals surface area contributed by atoms with E-state index in [1.54, 1.807) is 0 Å². The number of aromatic nitrogens is 1. The van der Waals surface area contributed by atoms with Gasteiger partial charge in [0.25, 0.3) is 0 Å². The average molecular weight is 517 g/mol. The van der Waals surface area contributed by atoms with Gasteiger partial charge in [-0.2, -0.15) is 0 Å². The van der Waals surface area contributed by atoms with Crippen molar-refractivity contribution in [3.05, 3.63) is 69.8 Å². The van der Waals surface area contributed by atoms with Crippen LogP contribution in [0.15, 0.2) is 65.3 Å². The maximum absolute atomic E-state index is 11.1. The van der Waals surface area contributed by atoms with E-state index in [0.29, 0.717) is 21.0 Å². The summed E-state index contributed by atoms with van der Waals surface area (Å²) >= 11 is 0.532. The Hall–Kier alpha value is -2.10. The van der Waals surface area contributed by atoms with Crippen molar-refractivity contribution in [2.75, 3.05) is 11.4 Å². The second kappa shape index (κ2) is 9.15. The zero-order valence-corrected chi connectivity index (χ0v) is 19.7. The first-order valence-electron chi connectivity index (χ1n) is 9.73. The number of carboxylic acid groups (broad SMARTS) is 1. The zero-order valence-electron chi connectivity index (χ0n) is 16.2. The fourth-order valence-corrected chi connectivity index (χ4v) is 8.08. The minimum absolute atomic E-state index is 0.144. The first kappa shape index (κ1) is 20.2. The number of nitrogens with zero attached hydrogens (tertiary/aromatic N) is 2. The Kier molecular flexibility index (Phi) is 6.37. The van der Waals surface area contributed by atoms with E-state index in [9.17, 15) is 4.79 Å². The number of allylic oxidation sites excluding steroid dienone is 2. The van der Waals surface area contributed by atoms with E-state index >= 15 is 0 Å². The molecule has 0 aliphatic carbocycles. The molecule has 0 atom stereocenters. The molecule has 0 unspecified atom stereocenters. The van der Waals surface area contributed by atoms with Crippen molar-refractivity contribution in [2.45, 2.75) is 26.3 Å². The number of para-hydroxylation sites is 2. The number of hydrogen-bond acceptors (Lipinski definition) is 2. The molecular weight excluding hydrogens is 494 g/mol. The van der Waals surface area contributed by atoms with Crippen molar-refractivity contribution >= 4 is 61.4 Å². The number of aliphatic carboxylic acids is 1. The molecule has 1 aliphatic rings. The molecule has 4 nitrogen and oxygen atoms in total. The van der Waals surface area contributed by atoms with Gasteiger partial charge in [-0.15, -0.1) is 0 Å². The van der Waals surface area contributed by atoms with Gasteiger partial charge in [-0.05, 0) is 0 Å². The van der Waals surface area contributed by atoms with E-state index in [4.69, 9.17) is 5.11 Å². The molecule has 2 heterocycles. The predicted molar refractivity (Wildman–Crippen MR) is 120 cm³/mol. The summed E-state index contributed by atoms with van der Waals surface area (Å²) in [6.07, 6.45) is 7.84. The Balaban J connectivity index is 1.62. The molecule has 1 N–H and O–H groups in total. The summed E-state index contributed by atoms with van der Waals surface area (Å²) < 4.78 is 7.82. The van der Waals surface area contributed by atoms with Gasteiger partial charge >= 0.3 is 184 Å². The molecule has 29 heavy (non-hydrogen) atoms. The van der Waals surface area contributed by atoms with Crippen molar-refractivity contribution in [2.24, 2.45) is 0 Å². The molecule has 0 amide bonds. The van der Waals surface area contributed by atoms with Gasteiger partial charge in [0.15, 0.2) is 0 Å².